The van der Waals surface area contributed by atoms with Crippen LogP contribution in [0, 0.1) is 11.7 Å². The zero-order chi connectivity index (χ0) is 20.5. The highest BCUT2D eigenvalue weighted by Crippen LogP contribution is 2.34. The molecule has 0 aliphatic carbocycles. The van der Waals surface area contributed by atoms with Crippen molar-refractivity contribution in [1.82, 2.24) is 14.9 Å². The summed E-state index contributed by atoms with van der Waals surface area (Å²) in [6, 6.07) is 0.789. The molecule has 2 unspecified atom stereocenters. The van der Waals surface area contributed by atoms with Gasteiger partial charge >= 0.3 is 6.09 Å². The van der Waals surface area contributed by atoms with Gasteiger partial charge in [-0.25, -0.2) is 18.6 Å². The third kappa shape index (κ3) is 4.57. The number of likely N-dealkylation sites (tertiary alicyclic amines) is 1. The number of carbonyl (C=O) groups excluding carboxylic acids is 2. The molecule has 2 fully saturated rings. The van der Waals surface area contributed by atoms with E-state index >= 15 is 0 Å². The fourth-order valence-electron chi connectivity index (χ4n) is 3.44. The van der Waals surface area contributed by atoms with Gasteiger partial charge in [-0.2, -0.15) is 0 Å². The third-order valence-electron chi connectivity index (χ3n) is 4.74. The predicted molar refractivity (Wildman–Crippen MR) is 95.2 cm³/mol. The SMILES string of the molecule is CC(C)(C)OC(=O)N1CCC(C(=O)N2OCCC2c2cncc(F)c2)[C@@H](F)C1. The molecule has 9 heteroatoms. The summed E-state index contributed by atoms with van der Waals surface area (Å²) in [6.45, 7) is 5.48. The Kier molecular flexibility index (Phi) is 5.83. The Morgan fingerprint density at radius 2 is 2.04 bits per heavy atom. The lowest BCUT2D eigenvalue weighted by Crippen LogP contribution is -2.51. The summed E-state index contributed by atoms with van der Waals surface area (Å²) in [5, 5.41) is 1.14. The number of pyridine rings is 1. The molecular formula is C19H25F2N3O4. The average Bonchev–Trinajstić information content (AvgIpc) is 3.09. The van der Waals surface area contributed by atoms with E-state index in [1.165, 1.54) is 17.2 Å². The van der Waals surface area contributed by atoms with Crippen LogP contribution in [-0.4, -0.2) is 58.4 Å². The Hall–Kier alpha value is -2.29. The summed E-state index contributed by atoms with van der Waals surface area (Å²) in [5.41, 5.74) is -0.169. The second-order valence-corrected chi connectivity index (χ2v) is 8.08. The zero-order valence-electron chi connectivity index (χ0n) is 16.2. The molecule has 0 radical (unpaired) electrons. The number of hydrogen-bond acceptors (Lipinski definition) is 5. The van der Waals surface area contributed by atoms with E-state index in [2.05, 4.69) is 4.98 Å². The van der Waals surface area contributed by atoms with Crippen molar-refractivity contribution in [2.75, 3.05) is 19.7 Å². The highest BCUT2D eigenvalue weighted by molar-refractivity contribution is 5.80. The lowest BCUT2D eigenvalue weighted by atomic mass is 9.93. The number of piperidine rings is 1. The van der Waals surface area contributed by atoms with E-state index < -0.39 is 41.6 Å². The van der Waals surface area contributed by atoms with Crippen LogP contribution in [0.3, 0.4) is 0 Å². The maximum absolute atomic E-state index is 14.8. The van der Waals surface area contributed by atoms with Gasteiger partial charge < -0.3 is 9.64 Å². The summed E-state index contributed by atoms with van der Waals surface area (Å²) >= 11 is 0. The molecule has 1 aromatic rings. The molecule has 3 atom stereocenters. The van der Waals surface area contributed by atoms with Crippen molar-refractivity contribution >= 4 is 12.0 Å². The number of aromatic nitrogens is 1. The van der Waals surface area contributed by atoms with Crippen molar-refractivity contribution in [3.05, 3.63) is 29.8 Å². The molecular weight excluding hydrogens is 372 g/mol. The van der Waals surface area contributed by atoms with Crippen molar-refractivity contribution < 1.29 is 27.9 Å². The van der Waals surface area contributed by atoms with Gasteiger partial charge in [-0.05, 0) is 38.8 Å². The zero-order valence-corrected chi connectivity index (χ0v) is 16.2. The van der Waals surface area contributed by atoms with Crippen LogP contribution >= 0.6 is 0 Å². The lowest BCUT2D eigenvalue weighted by Gasteiger charge is -2.36. The molecule has 3 heterocycles. The Labute approximate surface area is 162 Å². The standard InChI is InChI=1S/C19H25F2N3O4/c1-19(2,3)28-18(26)23-6-4-14(15(21)11-23)17(25)24-16(5-7-27-24)12-8-13(20)10-22-9-12/h8-10,14-16H,4-7,11H2,1-3H3/t14?,15-,16?/m0/s1. The molecule has 2 aliphatic heterocycles. The molecule has 0 aromatic carbocycles. The van der Waals surface area contributed by atoms with E-state index in [4.69, 9.17) is 9.57 Å². The van der Waals surface area contributed by atoms with Crippen molar-refractivity contribution in [3.8, 4) is 0 Å². The minimum atomic E-state index is -1.54. The highest BCUT2D eigenvalue weighted by Gasteiger charge is 2.43. The molecule has 28 heavy (non-hydrogen) atoms. The molecule has 1 aromatic heterocycles. The van der Waals surface area contributed by atoms with Gasteiger partial charge in [0.05, 0.1) is 31.3 Å². The average molecular weight is 397 g/mol. The smallest absolute Gasteiger partial charge is 0.410 e. The van der Waals surface area contributed by atoms with Gasteiger partial charge in [-0.1, -0.05) is 0 Å². The number of amides is 2. The maximum atomic E-state index is 14.8. The molecule has 3 rings (SSSR count). The van der Waals surface area contributed by atoms with Gasteiger partial charge in [0, 0.05) is 19.2 Å². The lowest BCUT2D eigenvalue weighted by molar-refractivity contribution is -0.185. The summed E-state index contributed by atoms with van der Waals surface area (Å²) in [5.74, 6) is -1.94. The van der Waals surface area contributed by atoms with Crippen LogP contribution in [0.2, 0.25) is 0 Å². The van der Waals surface area contributed by atoms with Crippen LogP contribution in [0.15, 0.2) is 18.5 Å². The van der Waals surface area contributed by atoms with Crippen LogP contribution < -0.4 is 0 Å². The molecule has 0 saturated carbocycles. The fourth-order valence-corrected chi connectivity index (χ4v) is 3.44. The molecule has 0 spiro atoms. The summed E-state index contributed by atoms with van der Waals surface area (Å²) < 4.78 is 33.5. The Morgan fingerprint density at radius 1 is 1.29 bits per heavy atom. The number of alkyl halides is 1. The number of nitrogens with zero attached hydrogens (tertiary/aromatic N) is 3. The predicted octanol–water partition coefficient (Wildman–Crippen LogP) is 3.02. The Bertz CT molecular complexity index is 740. The molecule has 154 valence electrons. The maximum Gasteiger partial charge on any atom is 0.410 e. The number of halogens is 2. The molecule has 2 aliphatic rings. The number of carbonyl (C=O) groups is 2. The first kappa shape index (κ1) is 20.4. The summed E-state index contributed by atoms with van der Waals surface area (Å²) in [4.78, 5) is 35.5. The van der Waals surface area contributed by atoms with Gasteiger partial charge in [0.25, 0.3) is 5.91 Å². The third-order valence-corrected chi connectivity index (χ3v) is 4.74. The first-order valence-electron chi connectivity index (χ1n) is 9.34. The van der Waals surface area contributed by atoms with Crippen LogP contribution in [0.25, 0.3) is 0 Å². The van der Waals surface area contributed by atoms with Gasteiger partial charge in [0.1, 0.15) is 17.6 Å². The second-order valence-electron chi connectivity index (χ2n) is 8.08. The van der Waals surface area contributed by atoms with E-state index in [1.54, 1.807) is 20.8 Å². The van der Waals surface area contributed by atoms with Crippen LogP contribution in [-0.2, 0) is 14.4 Å². The van der Waals surface area contributed by atoms with Crippen LogP contribution in [0.4, 0.5) is 13.6 Å². The van der Waals surface area contributed by atoms with Crippen LogP contribution in [0.1, 0.15) is 45.2 Å². The van der Waals surface area contributed by atoms with Gasteiger partial charge in [-0.3, -0.25) is 14.6 Å². The van der Waals surface area contributed by atoms with Crippen molar-refractivity contribution in [1.29, 1.82) is 0 Å². The number of rotatable bonds is 2. The number of ether oxygens (including phenoxy) is 1. The summed E-state index contributed by atoms with van der Waals surface area (Å²) in [6.07, 6.45) is 1.06. The molecule has 0 bridgehead atoms. The first-order chi connectivity index (χ1) is 13.2. The Morgan fingerprint density at radius 3 is 2.68 bits per heavy atom. The van der Waals surface area contributed by atoms with Gasteiger partial charge in [-0.15, -0.1) is 0 Å². The monoisotopic (exact) mass is 397 g/mol. The van der Waals surface area contributed by atoms with E-state index in [0.29, 0.717) is 12.0 Å². The molecule has 2 saturated heterocycles. The number of hydroxylamine groups is 2. The fraction of sp³-hybridized carbons (Fsp3) is 0.632. The second kappa shape index (κ2) is 7.98. The first-order valence-corrected chi connectivity index (χ1v) is 9.34. The van der Waals surface area contributed by atoms with Gasteiger partial charge in [0.15, 0.2) is 0 Å². The largest absolute Gasteiger partial charge is 0.444 e. The minimum Gasteiger partial charge on any atom is -0.444 e. The summed E-state index contributed by atoms with van der Waals surface area (Å²) in [7, 11) is 0. The van der Waals surface area contributed by atoms with E-state index in [0.717, 1.165) is 11.3 Å². The van der Waals surface area contributed by atoms with E-state index in [9.17, 15) is 18.4 Å². The van der Waals surface area contributed by atoms with Crippen LogP contribution in [0.5, 0.6) is 0 Å². The van der Waals surface area contributed by atoms with Crippen molar-refractivity contribution in [2.45, 2.75) is 51.4 Å². The molecule has 7 nitrogen and oxygen atoms in total. The number of hydrogen-bond donors (Lipinski definition) is 0. The van der Waals surface area contributed by atoms with E-state index in [1.807, 2.05) is 0 Å². The normalized spacial score (nSPS) is 25.7. The Balaban J connectivity index is 1.65. The van der Waals surface area contributed by atoms with E-state index in [-0.39, 0.29) is 26.1 Å². The van der Waals surface area contributed by atoms with Crippen molar-refractivity contribution in [2.24, 2.45) is 5.92 Å². The van der Waals surface area contributed by atoms with Gasteiger partial charge in [0.2, 0.25) is 0 Å². The quantitative estimate of drug-likeness (QED) is 0.767. The topological polar surface area (TPSA) is 72.0 Å². The van der Waals surface area contributed by atoms with Crippen molar-refractivity contribution in [3.63, 3.8) is 0 Å². The molecule has 2 amide bonds. The minimum absolute atomic E-state index is 0.160. The molecule has 0 N–H and O–H groups in total. The highest BCUT2D eigenvalue weighted by atomic mass is 19.1.